The smallest absolute Gasteiger partial charge is 0.0235 e. The molecular weight excluding hydrogens is 228 g/mol. The second-order valence-corrected chi connectivity index (χ2v) is 6.15. The quantitative estimate of drug-likeness (QED) is 0.460. The van der Waals surface area contributed by atoms with Crippen molar-refractivity contribution in [3.63, 3.8) is 0 Å². The first-order valence-corrected chi connectivity index (χ1v) is 8.23. The summed E-state index contributed by atoms with van der Waals surface area (Å²) in [6.45, 7) is 4.65. The normalized spacial score (nSPS) is 22.5. The molecule has 72 valence electrons. The van der Waals surface area contributed by atoms with E-state index in [2.05, 4.69) is 26.5 Å². The van der Waals surface area contributed by atoms with E-state index in [4.69, 9.17) is 0 Å². The lowest BCUT2D eigenvalue weighted by molar-refractivity contribution is 0.475. The minimum Gasteiger partial charge on any atom is -0.240 e. The van der Waals surface area contributed by atoms with Crippen molar-refractivity contribution in [2.75, 3.05) is 32.4 Å². The topological polar surface area (TPSA) is 6.48 Å². The van der Waals surface area contributed by atoms with Gasteiger partial charge in [0.25, 0.3) is 0 Å². The average Bonchev–Trinajstić information content (AvgIpc) is 2.31. The first kappa shape index (κ1) is 11.4. The molecule has 0 aromatic heterocycles. The maximum atomic E-state index is 4.21. The summed E-state index contributed by atoms with van der Waals surface area (Å²) in [4.78, 5) is 0. The van der Waals surface area contributed by atoms with E-state index in [1.165, 1.54) is 19.5 Å². The molecule has 0 spiro atoms. The Balaban J connectivity index is 2.24. The fourth-order valence-electron chi connectivity index (χ4n) is 1.13. The monoisotopic (exact) mass is 242 g/mol. The molecule has 0 radical (unpaired) electrons. The summed E-state index contributed by atoms with van der Waals surface area (Å²) in [7, 11) is 5.26. The SMILES string of the molecule is CSSN1CCCN(SS)CC1. The maximum Gasteiger partial charge on any atom is 0.0235 e. The molecule has 1 aliphatic heterocycles. The van der Waals surface area contributed by atoms with Crippen LogP contribution in [0, 0.1) is 0 Å². The molecule has 0 aromatic rings. The average molecular weight is 242 g/mol. The zero-order valence-corrected chi connectivity index (χ0v) is 10.4. The summed E-state index contributed by atoms with van der Waals surface area (Å²) < 4.78 is 4.73. The summed E-state index contributed by atoms with van der Waals surface area (Å²) in [6.07, 6.45) is 3.38. The van der Waals surface area contributed by atoms with Crippen molar-refractivity contribution in [2.45, 2.75) is 6.42 Å². The van der Waals surface area contributed by atoms with Crippen LogP contribution in [0.5, 0.6) is 0 Å². The highest BCUT2D eigenvalue weighted by Crippen LogP contribution is 2.25. The van der Waals surface area contributed by atoms with Gasteiger partial charge in [0.1, 0.15) is 0 Å². The van der Waals surface area contributed by atoms with Crippen LogP contribution in [0.15, 0.2) is 0 Å². The third-order valence-corrected chi connectivity index (χ3v) is 4.80. The summed E-state index contributed by atoms with van der Waals surface area (Å²) in [6, 6.07) is 0. The largest absolute Gasteiger partial charge is 0.240 e. The van der Waals surface area contributed by atoms with E-state index in [0.717, 1.165) is 13.1 Å². The van der Waals surface area contributed by atoms with Crippen molar-refractivity contribution in [3.05, 3.63) is 0 Å². The van der Waals surface area contributed by atoms with Crippen LogP contribution in [0.25, 0.3) is 0 Å². The molecule has 0 aliphatic carbocycles. The van der Waals surface area contributed by atoms with Crippen LogP contribution in [0.2, 0.25) is 0 Å². The van der Waals surface area contributed by atoms with Crippen LogP contribution in [-0.4, -0.2) is 41.0 Å². The van der Waals surface area contributed by atoms with Crippen LogP contribution in [0.3, 0.4) is 0 Å². The minimum absolute atomic E-state index is 1.13. The highest BCUT2D eigenvalue weighted by molar-refractivity contribution is 8.75. The van der Waals surface area contributed by atoms with Crippen molar-refractivity contribution in [1.82, 2.24) is 8.61 Å². The summed E-state index contributed by atoms with van der Waals surface area (Å²) >= 11 is 4.21. The van der Waals surface area contributed by atoms with Crippen LogP contribution < -0.4 is 0 Å². The third-order valence-electron chi connectivity index (χ3n) is 1.71. The van der Waals surface area contributed by atoms with Gasteiger partial charge in [0.2, 0.25) is 0 Å². The molecule has 0 bridgehead atoms. The number of hydrogen-bond acceptors (Lipinski definition) is 6. The van der Waals surface area contributed by atoms with E-state index in [9.17, 15) is 0 Å². The van der Waals surface area contributed by atoms with Crippen LogP contribution >= 0.6 is 44.4 Å². The van der Waals surface area contributed by atoms with Gasteiger partial charge < -0.3 is 0 Å². The van der Waals surface area contributed by atoms with E-state index in [1.54, 1.807) is 11.0 Å². The molecule has 0 unspecified atom stereocenters. The minimum atomic E-state index is 1.13. The first-order valence-electron chi connectivity index (χ1n) is 3.89. The molecule has 1 heterocycles. The van der Waals surface area contributed by atoms with E-state index in [0.29, 0.717) is 0 Å². The molecule has 1 fully saturated rings. The lowest BCUT2D eigenvalue weighted by Crippen LogP contribution is -2.21. The molecule has 1 aliphatic rings. The Hall–Kier alpha value is 1.32. The van der Waals surface area contributed by atoms with Crippen LogP contribution in [-0.2, 0) is 0 Å². The van der Waals surface area contributed by atoms with Gasteiger partial charge in [-0.1, -0.05) is 22.5 Å². The molecule has 6 heteroatoms. The van der Waals surface area contributed by atoms with Crippen LogP contribution in [0.1, 0.15) is 6.42 Å². The number of thiol groups is 1. The number of hydrogen-bond donors (Lipinski definition) is 1. The zero-order chi connectivity index (χ0) is 8.81. The Kier molecular flexibility index (Phi) is 6.39. The number of rotatable bonds is 3. The van der Waals surface area contributed by atoms with Crippen molar-refractivity contribution in [2.24, 2.45) is 0 Å². The van der Waals surface area contributed by atoms with Gasteiger partial charge in [-0.25, -0.2) is 8.61 Å². The second-order valence-electron chi connectivity index (χ2n) is 2.53. The molecule has 1 saturated heterocycles. The molecule has 0 amide bonds. The van der Waals surface area contributed by atoms with Gasteiger partial charge in [-0.15, -0.1) is 0 Å². The van der Waals surface area contributed by atoms with Crippen LogP contribution in [0.4, 0.5) is 0 Å². The van der Waals surface area contributed by atoms with Gasteiger partial charge in [-0.2, -0.15) is 0 Å². The zero-order valence-electron chi connectivity index (χ0n) is 7.10. The summed E-state index contributed by atoms with van der Waals surface area (Å²) in [5, 5.41) is 0. The van der Waals surface area contributed by atoms with Gasteiger partial charge in [-0.3, -0.25) is 0 Å². The van der Waals surface area contributed by atoms with E-state index in [1.807, 2.05) is 21.8 Å². The van der Waals surface area contributed by atoms with E-state index >= 15 is 0 Å². The fourth-order valence-corrected chi connectivity index (χ4v) is 3.65. The Bertz CT molecular complexity index is 124. The Morgan fingerprint density at radius 3 is 2.42 bits per heavy atom. The molecule has 0 aromatic carbocycles. The summed E-state index contributed by atoms with van der Waals surface area (Å²) in [5.74, 6) is 0. The van der Waals surface area contributed by atoms with E-state index in [-0.39, 0.29) is 0 Å². The molecule has 0 N–H and O–H groups in total. The Labute approximate surface area is 91.7 Å². The highest BCUT2D eigenvalue weighted by atomic mass is 33.1. The second kappa shape index (κ2) is 6.73. The van der Waals surface area contributed by atoms with Crippen molar-refractivity contribution in [3.8, 4) is 0 Å². The third kappa shape index (κ3) is 4.02. The molecule has 1 rings (SSSR count). The Morgan fingerprint density at radius 1 is 1.08 bits per heavy atom. The first-order chi connectivity index (χ1) is 5.86. The maximum absolute atomic E-state index is 4.21. The van der Waals surface area contributed by atoms with Crippen molar-refractivity contribution >= 4 is 44.4 Å². The van der Waals surface area contributed by atoms with Crippen molar-refractivity contribution in [1.29, 1.82) is 0 Å². The molecular formula is C6H14N2S4. The van der Waals surface area contributed by atoms with Gasteiger partial charge in [0, 0.05) is 26.2 Å². The number of nitrogens with zero attached hydrogens (tertiary/aromatic N) is 2. The molecule has 0 saturated carbocycles. The fraction of sp³-hybridized carbons (Fsp3) is 1.00. The molecule has 2 nitrogen and oxygen atoms in total. The summed E-state index contributed by atoms with van der Waals surface area (Å²) in [5.41, 5.74) is 0. The van der Waals surface area contributed by atoms with Gasteiger partial charge in [0.05, 0.1) is 0 Å². The molecule has 0 atom stereocenters. The van der Waals surface area contributed by atoms with Gasteiger partial charge >= 0.3 is 0 Å². The highest BCUT2D eigenvalue weighted by Gasteiger charge is 2.13. The standard InChI is InChI=1S/C6H14N2S4/c1-10-12-8-4-2-3-7(11-9)5-6-8/h9H,2-6H2,1H3. The molecule has 12 heavy (non-hydrogen) atoms. The predicted octanol–water partition coefficient (Wildman–Crippen LogP) is 2.41. The Morgan fingerprint density at radius 2 is 1.75 bits per heavy atom. The predicted molar refractivity (Wildman–Crippen MR) is 65.4 cm³/mol. The lowest BCUT2D eigenvalue weighted by atomic mass is 10.4. The van der Waals surface area contributed by atoms with Gasteiger partial charge in [-0.05, 0) is 34.6 Å². The van der Waals surface area contributed by atoms with E-state index < -0.39 is 0 Å². The lowest BCUT2D eigenvalue weighted by Gasteiger charge is -2.17. The van der Waals surface area contributed by atoms with Gasteiger partial charge in [0.15, 0.2) is 0 Å². The van der Waals surface area contributed by atoms with Crippen molar-refractivity contribution < 1.29 is 0 Å².